The van der Waals surface area contributed by atoms with Crippen molar-refractivity contribution in [3.05, 3.63) is 29.3 Å². The molecule has 0 atom stereocenters. The summed E-state index contributed by atoms with van der Waals surface area (Å²) < 4.78 is 11.5. The quantitative estimate of drug-likeness (QED) is 0.714. The lowest BCUT2D eigenvalue weighted by molar-refractivity contribution is -0.134. The molecule has 1 saturated heterocycles. The molecule has 1 heterocycles. The van der Waals surface area contributed by atoms with Crippen LogP contribution >= 0.6 is 12.4 Å². The van der Waals surface area contributed by atoms with E-state index in [0.29, 0.717) is 19.6 Å². The topological polar surface area (TPSA) is 64.8 Å². The third-order valence-electron chi connectivity index (χ3n) is 4.28. The average molecular weight is 371 g/mol. The summed E-state index contributed by atoms with van der Waals surface area (Å²) in [4.78, 5) is 14.2. The first-order chi connectivity index (χ1) is 11.6. The first kappa shape index (κ1) is 21.7. The molecule has 6 heteroatoms. The largest absolute Gasteiger partial charge is 0.493 e. The van der Waals surface area contributed by atoms with Crippen molar-refractivity contribution in [3.8, 4) is 5.75 Å². The van der Waals surface area contributed by atoms with Gasteiger partial charge in [-0.25, -0.2) is 0 Å². The Balaban J connectivity index is 0.00000312. The minimum absolute atomic E-state index is 0. The van der Waals surface area contributed by atoms with Gasteiger partial charge in [0.2, 0.25) is 5.91 Å². The number of likely N-dealkylation sites (tertiary alicyclic amines) is 1. The van der Waals surface area contributed by atoms with E-state index in [2.05, 4.69) is 6.07 Å². The molecule has 1 aromatic carbocycles. The lowest BCUT2D eigenvalue weighted by Crippen LogP contribution is -2.41. The van der Waals surface area contributed by atoms with E-state index in [1.54, 1.807) is 0 Å². The van der Waals surface area contributed by atoms with Crippen LogP contribution in [0.2, 0.25) is 0 Å². The highest BCUT2D eigenvalue weighted by molar-refractivity contribution is 5.85. The zero-order valence-corrected chi connectivity index (χ0v) is 16.1. The van der Waals surface area contributed by atoms with Crippen LogP contribution in [0.15, 0.2) is 18.2 Å². The number of halogens is 1. The number of piperidine rings is 1. The third kappa shape index (κ3) is 7.63. The van der Waals surface area contributed by atoms with Crippen LogP contribution < -0.4 is 10.5 Å². The number of nitrogens with zero attached hydrogens (tertiary/aromatic N) is 1. The minimum atomic E-state index is 0. The molecule has 0 bridgehead atoms. The van der Waals surface area contributed by atoms with Crippen LogP contribution in [-0.4, -0.2) is 49.8 Å². The summed E-state index contributed by atoms with van der Waals surface area (Å²) in [6, 6.07) is 6.11. The van der Waals surface area contributed by atoms with Crippen molar-refractivity contribution in [2.45, 2.75) is 45.6 Å². The van der Waals surface area contributed by atoms with Gasteiger partial charge in [0.1, 0.15) is 5.75 Å². The zero-order valence-electron chi connectivity index (χ0n) is 15.3. The first-order valence-corrected chi connectivity index (χ1v) is 8.89. The fraction of sp³-hybridized carbons (Fsp3) is 0.632. The molecule has 0 saturated carbocycles. The van der Waals surface area contributed by atoms with Crippen LogP contribution in [0.3, 0.4) is 0 Å². The Kier molecular flexibility index (Phi) is 9.86. The molecule has 5 nitrogen and oxygen atoms in total. The molecule has 1 aliphatic heterocycles. The van der Waals surface area contributed by atoms with E-state index >= 15 is 0 Å². The average Bonchev–Trinajstić information content (AvgIpc) is 2.55. The maximum Gasteiger partial charge on any atom is 0.226 e. The highest BCUT2D eigenvalue weighted by Crippen LogP contribution is 2.17. The number of hydrogen-bond donors (Lipinski definition) is 1. The zero-order chi connectivity index (χ0) is 17.4. The van der Waals surface area contributed by atoms with E-state index in [1.807, 2.05) is 30.9 Å². The van der Waals surface area contributed by atoms with Crippen molar-refractivity contribution in [2.24, 2.45) is 5.73 Å². The molecule has 0 aromatic heterocycles. The van der Waals surface area contributed by atoms with Crippen LogP contribution in [0.25, 0.3) is 0 Å². The second-order valence-electron chi connectivity index (χ2n) is 6.52. The fourth-order valence-electron chi connectivity index (χ4n) is 3.04. The van der Waals surface area contributed by atoms with Crippen molar-refractivity contribution >= 4 is 18.3 Å². The number of carbonyl (C=O) groups is 1. The van der Waals surface area contributed by atoms with Gasteiger partial charge in [-0.1, -0.05) is 6.07 Å². The van der Waals surface area contributed by atoms with Crippen LogP contribution in [0, 0.1) is 13.8 Å². The smallest absolute Gasteiger partial charge is 0.226 e. The van der Waals surface area contributed by atoms with Crippen molar-refractivity contribution in [3.63, 3.8) is 0 Å². The summed E-state index contributed by atoms with van der Waals surface area (Å²) in [6.45, 7) is 7.45. The van der Waals surface area contributed by atoms with E-state index in [1.165, 1.54) is 11.1 Å². The molecule has 2 N–H and O–H groups in total. The number of aryl methyl sites for hydroxylation is 2. The number of carbonyl (C=O) groups excluding carboxylic acids is 1. The molecule has 0 radical (unpaired) electrons. The Morgan fingerprint density at radius 2 is 1.80 bits per heavy atom. The Labute approximate surface area is 157 Å². The van der Waals surface area contributed by atoms with Crippen molar-refractivity contribution in [2.75, 3.05) is 32.8 Å². The molecule has 0 spiro atoms. The number of nitrogens with two attached hydrogens (primary N) is 1. The second kappa shape index (κ2) is 11.3. The second-order valence-corrected chi connectivity index (χ2v) is 6.52. The molecule has 142 valence electrons. The van der Waals surface area contributed by atoms with Gasteiger partial charge in [0.15, 0.2) is 0 Å². The predicted octanol–water partition coefficient (Wildman–Crippen LogP) is 2.85. The van der Waals surface area contributed by atoms with Gasteiger partial charge in [0.05, 0.1) is 19.1 Å². The van der Waals surface area contributed by atoms with Gasteiger partial charge in [0.25, 0.3) is 0 Å². The standard InChI is InChI=1S/C19H30N2O3.ClH/c1-15-12-16(2)14-18(13-15)24-11-6-19(22)21-8-4-17(5-9-21)23-10-3-7-20;/h12-14,17H,3-11,20H2,1-2H3;1H. The van der Waals surface area contributed by atoms with Gasteiger partial charge in [-0.05, 0) is 62.9 Å². The summed E-state index contributed by atoms with van der Waals surface area (Å²) in [5.41, 5.74) is 7.81. The van der Waals surface area contributed by atoms with E-state index in [0.717, 1.165) is 44.7 Å². The normalized spacial score (nSPS) is 14.9. The molecular formula is C19H31ClN2O3. The summed E-state index contributed by atoms with van der Waals surface area (Å²) in [7, 11) is 0. The molecule has 0 aliphatic carbocycles. The number of rotatable bonds is 8. The maximum absolute atomic E-state index is 12.3. The minimum Gasteiger partial charge on any atom is -0.493 e. The Morgan fingerprint density at radius 1 is 1.16 bits per heavy atom. The predicted molar refractivity (Wildman–Crippen MR) is 103 cm³/mol. The van der Waals surface area contributed by atoms with Gasteiger partial charge in [-0.2, -0.15) is 0 Å². The molecule has 1 fully saturated rings. The highest BCUT2D eigenvalue weighted by atomic mass is 35.5. The number of ether oxygens (including phenoxy) is 2. The van der Waals surface area contributed by atoms with E-state index < -0.39 is 0 Å². The molecule has 25 heavy (non-hydrogen) atoms. The lowest BCUT2D eigenvalue weighted by atomic mass is 10.1. The molecule has 1 aromatic rings. The van der Waals surface area contributed by atoms with Gasteiger partial charge in [-0.3, -0.25) is 4.79 Å². The molecule has 2 rings (SSSR count). The Morgan fingerprint density at radius 3 is 2.40 bits per heavy atom. The lowest BCUT2D eigenvalue weighted by Gasteiger charge is -2.32. The molecule has 1 aliphatic rings. The Bertz CT molecular complexity index is 511. The molecule has 0 unspecified atom stereocenters. The van der Waals surface area contributed by atoms with Crippen LogP contribution in [0.1, 0.15) is 36.8 Å². The van der Waals surface area contributed by atoms with Crippen molar-refractivity contribution in [1.29, 1.82) is 0 Å². The van der Waals surface area contributed by atoms with Gasteiger partial charge in [-0.15, -0.1) is 12.4 Å². The highest BCUT2D eigenvalue weighted by Gasteiger charge is 2.22. The monoisotopic (exact) mass is 370 g/mol. The van der Waals surface area contributed by atoms with Gasteiger partial charge >= 0.3 is 0 Å². The van der Waals surface area contributed by atoms with Gasteiger partial charge < -0.3 is 20.1 Å². The summed E-state index contributed by atoms with van der Waals surface area (Å²) in [6.07, 6.45) is 3.41. The molecule has 1 amide bonds. The summed E-state index contributed by atoms with van der Waals surface area (Å²) >= 11 is 0. The third-order valence-corrected chi connectivity index (χ3v) is 4.28. The van der Waals surface area contributed by atoms with Crippen LogP contribution in [0.5, 0.6) is 5.75 Å². The Hall–Kier alpha value is -1.30. The summed E-state index contributed by atoms with van der Waals surface area (Å²) in [5, 5.41) is 0. The first-order valence-electron chi connectivity index (χ1n) is 8.89. The maximum atomic E-state index is 12.3. The van der Waals surface area contributed by atoms with E-state index in [9.17, 15) is 4.79 Å². The van der Waals surface area contributed by atoms with Crippen molar-refractivity contribution in [1.82, 2.24) is 4.90 Å². The van der Waals surface area contributed by atoms with Crippen molar-refractivity contribution < 1.29 is 14.3 Å². The summed E-state index contributed by atoms with van der Waals surface area (Å²) in [5.74, 6) is 1.01. The van der Waals surface area contributed by atoms with E-state index in [-0.39, 0.29) is 24.4 Å². The number of hydrogen-bond acceptors (Lipinski definition) is 4. The van der Waals surface area contributed by atoms with Crippen LogP contribution in [-0.2, 0) is 9.53 Å². The van der Waals surface area contributed by atoms with E-state index in [4.69, 9.17) is 15.2 Å². The van der Waals surface area contributed by atoms with Gasteiger partial charge in [0, 0.05) is 19.7 Å². The fourth-order valence-corrected chi connectivity index (χ4v) is 3.04. The molecular weight excluding hydrogens is 340 g/mol. The number of amides is 1. The SMILES string of the molecule is Cc1cc(C)cc(OCCC(=O)N2CCC(OCCCN)CC2)c1.Cl. The van der Waals surface area contributed by atoms with Crippen LogP contribution in [0.4, 0.5) is 0 Å². The number of benzene rings is 1.